The number of nitriles is 1. The number of fused-ring (bicyclic) bond motifs is 2. The minimum Gasteiger partial charge on any atom is -0.367 e. The number of nitrogens with zero attached hydrogens (tertiary/aromatic N) is 4. The Balaban J connectivity index is 1.71. The minimum absolute atomic E-state index is 0.598. The van der Waals surface area contributed by atoms with Gasteiger partial charge in [-0.05, 0) is 35.5 Å². The molecule has 0 bridgehead atoms. The molecule has 5 heteroatoms. The van der Waals surface area contributed by atoms with Crippen molar-refractivity contribution in [1.29, 1.82) is 5.26 Å². The third-order valence-electron chi connectivity index (χ3n) is 5.95. The van der Waals surface area contributed by atoms with Gasteiger partial charge < -0.3 is 9.80 Å². The lowest BCUT2D eigenvalue weighted by molar-refractivity contribution is 0.313. The first kappa shape index (κ1) is 18.9. The van der Waals surface area contributed by atoms with Gasteiger partial charge >= 0.3 is 0 Å². The van der Waals surface area contributed by atoms with E-state index in [0.717, 1.165) is 59.3 Å². The number of hydrogen-bond acceptors (Lipinski definition) is 4. The van der Waals surface area contributed by atoms with E-state index in [4.69, 9.17) is 11.6 Å². The van der Waals surface area contributed by atoms with E-state index < -0.39 is 0 Å². The van der Waals surface area contributed by atoms with Gasteiger partial charge in [-0.15, -0.1) is 0 Å². The Labute approximate surface area is 180 Å². The minimum atomic E-state index is 0.598. The Hall–Kier alpha value is -3.13. The highest BCUT2D eigenvalue weighted by molar-refractivity contribution is 6.35. The van der Waals surface area contributed by atoms with E-state index in [2.05, 4.69) is 64.3 Å². The molecule has 0 atom stereocenters. The fourth-order valence-corrected chi connectivity index (χ4v) is 4.58. The third-order valence-corrected chi connectivity index (χ3v) is 6.26. The average Bonchev–Trinajstić information content (AvgIpc) is 2.78. The van der Waals surface area contributed by atoms with Gasteiger partial charge in [-0.1, -0.05) is 54.1 Å². The Morgan fingerprint density at radius 2 is 1.70 bits per heavy atom. The quantitative estimate of drug-likeness (QED) is 0.446. The van der Waals surface area contributed by atoms with E-state index in [-0.39, 0.29) is 0 Å². The standard InChI is InChI=1S/C25H21ClN4/c1-29-9-11-30(12-10-29)25-18(15-27)16-28-24-14-21(23(26)13-22(24)25)20-8-4-6-17-5-2-3-7-19(17)20/h2-8,13-14,16H,9-12H2,1H3. The topological polar surface area (TPSA) is 43.2 Å². The molecule has 1 aliphatic rings. The van der Waals surface area contributed by atoms with E-state index in [1.807, 2.05) is 18.2 Å². The molecule has 4 nitrogen and oxygen atoms in total. The number of piperazine rings is 1. The second-order valence-electron chi connectivity index (χ2n) is 7.80. The number of benzene rings is 3. The van der Waals surface area contributed by atoms with Gasteiger partial charge in [-0.25, -0.2) is 0 Å². The third kappa shape index (κ3) is 3.17. The molecule has 0 radical (unpaired) electrons. The molecule has 0 aliphatic carbocycles. The van der Waals surface area contributed by atoms with Crippen molar-refractivity contribution < 1.29 is 0 Å². The molecule has 2 heterocycles. The molecule has 1 fully saturated rings. The zero-order valence-corrected chi connectivity index (χ0v) is 17.5. The largest absolute Gasteiger partial charge is 0.367 e. The molecule has 0 amide bonds. The van der Waals surface area contributed by atoms with Gasteiger partial charge in [0.05, 0.1) is 16.8 Å². The van der Waals surface area contributed by atoms with Crippen molar-refractivity contribution in [3.8, 4) is 17.2 Å². The number of hydrogen-bond donors (Lipinski definition) is 0. The summed E-state index contributed by atoms with van der Waals surface area (Å²) in [6, 6.07) is 20.9. The second-order valence-corrected chi connectivity index (χ2v) is 8.21. The molecule has 1 aliphatic heterocycles. The molecule has 1 saturated heterocycles. The Morgan fingerprint density at radius 3 is 2.50 bits per heavy atom. The molecule has 0 saturated carbocycles. The van der Waals surface area contributed by atoms with Gasteiger partial charge in [0.1, 0.15) is 6.07 Å². The van der Waals surface area contributed by atoms with E-state index >= 15 is 0 Å². The SMILES string of the molecule is CN1CCN(c2c(C#N)cnc3cc(-c4cccc5ccccc45)c(Cl)cc23)CC1. The van der Waals surface area contributed by atoms with Crippen molar-refractivity contribution in [2.24, 2.45) is 0 Å². The first-order valence-corrected chi connectivity index (χ1v) is 10.5. The molecule has 5 rings (SSSR count). The summed E-state index contributed by atoms with van der Waals surface area (Å²) in [4.78, 5) is 9.20. The zero-order valence-electron chi connectivity index (χ0n) is 16.8. The molecule has 4 aromatic rings. The number of aromatic nitrogens is 1. The van der Waals surface area contributed by atoms with Crippen LogP contribution < -0.4 is 4.90 Å². The van der Waals surface area contributed by atoms with Gasteiger partial charge in [-0.2, -0.15) is 5.26 Å². The fourth-order valence-electron chi connectivity index (χ4n) is 4.32. The van der Waals surface area contributed by atoms with E-state index in [1.165, 1.54) is 5.39 Å². The van der Waals surface area contributed by atoms with Crippen molar-refractivity contribution in [2.45, 2.75) is 0 Å². The summed E-state index contributed by atoms with van der Waals surface area (Å²) in [6.45, 7) is 3.70. The average molecular weight is 413 g/mol. The van der Waals surface area contributed by atoms with E-state index in [0.29, 0.717) is 10.6 Å². The number of rotatable bonds is 2. The van der Waals surface area contributed by atoms with Crippen LogP contribution >= 0.6 is 11.6 Å². The highest BCUT2D eigenvalue weighted by Gasteiger charge is 2.21. The predicted octanol–water partition coefficient (Wildman–Crippen LogP) is 5.33. The summed E-state index contributed by atoms with van der Waals surface area (Å²) in [5.74, 6) is 0. The van der Waals surface area contributed by atoms with Crippen molar-refractivity contribution in [3.05, 3.63) is 71.4 Å². The number of anilines is 1. The lowest BCUT2D eigenvalue weighted by Crippen LogP contribution is -2.44. The van der Waals surface area contributed by atoms with Crippen LogP contribution in [0.25, 0.3) is 32.8 Å². The normalized spacial score (nSPS) is 14.9. The van der Waals surface area contributed by atoms with Crippen molar-refractivity contribution in [1.82, 2.24) is 9.88 Å². The van der Waals surface area contributed by atoms with Crippen LogP contribution in [0.4, 0.5) is 5.69 Å². The molecule has 30 heavy (non-hydrogen) atoms. The van der Waals surface area contributed by atoms with Crippen LogP contribution in [-0.2, 0) is 0 Å². The second kappa shape index (κ2) is 7.60. The van der Waals surface area contributed by atoms with Gasteiger partial charge in [0.2, 0.25) is 0 Å². The maximum absolute atomic E-state index is 9.72. The fraction of sp³-hybridized carbons (Fsp3) is 0.200. The predicted molar refractivity (Wildman–Crippen MR) is 124 cm³/mol. The lowest BCUT2D eigenvalue weighted by Gasteiger charge is -2.35. The lowest BCUT2D eigenvalue weighted by atomic mass is 9.96. The summed E-state index contributed by atoms with van der Waals surface area (Å²) in [7, 11) is 2.13. The van der Waals surface area contributed by atoms with Crippen molar-refractivity contribution >= 4 is 39.0 Å². The van der Waals surface area contributed by atoms with Gasteiger partial charge in [0.15, 0.2) is 0 Å². The van der Waals surface area contributed by atoms with Gasteiger partial charge in [-0.3, -0.25) is 4.98 Å². The molecule has 0 spiro atoms. The number of halogens is 1. The van der Waals surface area contributed by atoms with Crippen LogP contribution in [0, 0.1) is 11.3 Å². The summed E-state index contributed by atoms with van der Waals surface area (Å²) in [5, 5.41) is 13.7. The molecule has 148 valence electrons. The summed E-state index contributed by atoms with van der Waals surface area (Å²) >= 11 is 6.83. The van der Waals surface area contributed by atoms with Crippen LogP contribution in [-0.4, -0.2) is 43.1 Å². The zero-order chi connectivity index (χ0) is 20.7. The van der Waals surface area contributed by atoms with Crippen LogP contribution in [0.5, 0.6) is 0 Å². The van der Waals surface area contributed by atoms with Crippen molar-refractivity contribution in [2.75, 3.05) is 38.1 Å². The Bertz CT molecular complexity index is 1290. The first-order chi connectivity index (χ1) is 14.7. The molecule has 1 aromatic heterocycles. The monoisotopic (exact) mass is 412 g/mol. The van der Waals surface area contributed by atoms with Crippen molar-refractivity contribution in [3.63, 3.8) is 0 Å². The Kier molecular flexibility index (Phi) is 4.78. The number of likely N-dealkylation sites (N-methyl/N-ethyl adjacent to an activating group) is 1. The Morgan fingerprint density at radius 1 is 0.933 bits per heavy atom. The maximum atomic E-state index is 9.72. The first-order valence-electron chi connectivity index (χ1n) is 10.1. The summed E-state index contributed by atoms with van der Waals surface area (Å²) in [5.41, 5.74) is 4.45. The van der Waals surface area contributed by atoms with E-state index in [1.54, 1.807) is 6.20 Å². The molecular formula is C25H21ClN4. The highest BCUT2D eigenvalue weighted by Crippen LogP contribution is 2.39. The van der Waals surface area contributed by atoms with Crippen LogP contribution in [0.2, 0.25) is 5.02 Å². The molecule has 3 aromatic carbocycles. The summed E-state index contributed by atoms with van der Waals surface area (Å²) in [6.07, 6.45) is 1.69. The van der Waals surface area contributed by atoms with Gasteiger partial charge in [0, 0.05) is 48.3 Å². The smallest absolute Gasteiger partial charge is 0.103 e. The highest BCUT2D eigenvalue weighted by atomic mass is 35.5. The van der Waals surface area contributed by atoms with Gasteiger partial charge in [0.25, 0.3) is 0 Å². The van der Waals surface area contributed by atoms with Crippen LogP contribution in [0.3, 0.4) is 0 Å². The molecular weight excluding hydrogens is 392 g/mol. The summed E-state index contributed by atoms with van der Waals surface area (Å²) < 4.78 is 0. The molecule has 0 unspecified atom stereocenters. The van der Waals surface area contributed by atoms with Crippen LogP contribution in [0.1, 0.15) is 5.56 Å². The van der Waals surface area contributed by atoms with Crippen LogP contribution in [0.15, 0.2) is 60.8 Å². The van der Waals surface area contributed by atoms with E-state index in [9.17, 15) is 5.26 Å². The maximum Gasteiger partial charge on any atom is 0.103 e. The molecule has 0 N–H and O–H groups in total. The number of pyridine rings is 1.